The summed E-state index contributed by atoms with van der Waals surface area (Å²) in [4.78, 5) is 0. The molecular weight excluding hydrogens is 789 g/mol. The van der Waals surface area contributed by atoms with Crippen molar-refractivity contribution in [3.05, 3.63) is 258 Å². The van der Waals surface area contributed by atoms with E-state index in [1.54, 1.807) is 0 Å². The number of allylic oxidation sites excluding steroid dienone is 6. The molecule has 3 heterocycles. The van der Waals surface area contributed by atoms with Crippen LogP contribution in [0.1, 0.15) is 34.2 Å². The van der Waals surface area contributed by atoms with E-state index in [4.69, 9.17) is 4.74 Å². The highest BCUT2D eigenvalue weighted by Gasteiger charge is 2.51. The van der Waals surface area contributed by atoms with Crippen molar-refractivity contribution in [2.45, 2.75) is 11.8 Å². The predicted molar refractivity (Wildman–Crippen MR) is 269 cm³/mol. The molecule has 304 valence electrons. The third-order valence-electron chi connectivity index (χ3n) is 14.2. The summed E-state index contributed by atoms with van der Waals surface area (Å²) in [7, 11) is 0. The molecule has 0 saturated carbocycles. The van der Waals surface area contributed by atoms with Crippen LogP contribution >= 0.6 is 0 Å². The minimum atomic E-state index is -0.500. The van der Waals surface area contributed by atoms with Gasteiger partial charge in [-0.2, -0.15) is 0 Å². The molecule has 0 atom stereocenters. The lowest BCUT2D eigenvalue weighted by Crippen LogP contribution is -2.32. The molecule has 0 bridgehead atoms. The zero-order valence-corrected chi connectivity index (χ0v) is 35.4. The summed E-state index contributed by atoms with van der Waals surface area (Å²) in [5.74, 6) is 1.82. The minimum Gasteiger partial charge on any atom is -0.457 e. The zero-order valence-electron chi connectivity index (χ0n) is 35.4. The van der Waals surface area contributed by atoms with E-state index < -0.39 is 5.41 Å². The van der Waals surface area contributed by atoms with Crippen molar-refractivity contribution in [2.75, 3.05) is 0 Å². The summed E-state index contributed by atoms with van der Waals surface area (Å²) in [5.41, 5.74) is 19.1. The Labute approximate surface area is 376 Å². The number of hydrogen-bond acceptors (Lipinski definition) is 1. The molecule has 0 N–H and O–H groups in total. The van der Waals surface area contributed by atoms with Gasteiger partial charge in [0.2, 0.25) is 0 Å². The average Bonchev–Trinajstić information content (AvgIpc) is 3.90. The highest BCUT2D eigenvalue weighted by Crippen LogP contribution is 2.63. The normalized spacial score (nSPS) is 14.5. The van der Waals surface area contributed by atoms with Crippen molar-refractivity contribution in [1.82, 2.24) is 9.13 Å². The van der Waals surface area contributed by atoms with Gasteiger partial charge in [-0.3, -0.25) is 0 Å². The van der Waals surface area contributed by atoms with E-state index in [2.05, 4.69) is 240 Å². The molecule has 0 unspecified atom stereocenters. The van der Waals surface area contributed by atoms with E-state index in [0.717, 1.165) is 17.9 Å². The first-order valence-electron chi connectivity index (χ1n) is 22.6. The Hall–Kier alpha value is -8.40. The van der Waals surface area contributed by atoms with Gasteiger partial charge in [0.25, 0.3) is 0 Å². The number of hydrogen-bond donors (Lipinski definition) is 0. The smallest absolute Gasteiger partial charge is 0.132 e. The number of rotatable bonds is 4. The van der Waals surface area contributed by atoms with Gasteiger partial charge in [-0.1, -0.05) is 164 Å². The maximum atomic E-state index is 6.61. The minimum absolute atomic E-state index is 0.500. The lowest BCUT2D eigenvalue weighted by Gasteiger charge is -2.39. The third kappa shape index (κ3) is 5.06. The molecule has 3 nitrogen and oxygen atoms in total. The topological polar surface area (TPSA) is 19.1 Å². The molecular formula is C62H40N2O. The molecule has 0 fully saturated rings. The van der Waals surface area contributed by atoms with E-state index in [1.165, 1.54) is 111 Å². The lowest BCUT2D eigenvalue weighted by atomic mass is 9.66. The van der Waals surface area contributed by atoms with Crippen LogP contribution in [0.25, 0.3) is 82.8 Å². The summed E-state index contributed by atoms with van der Waals surface area (Å²) in [6.45, 7) is 0. The van der Waals surface area contributed by atoms with Gasteiger partial charge in [-0.15, -0.1) is 0 Å². The third-order valence-corrected chi connectivity index (χ3v) is 14.2. The van der Waals surface area contributed by atoms with Crippen LogP contribution in [0, 0.1) is 0 Å². The molecule has 14 rings (SSSR count). The molecule has 0 amide bonds. The molecule has 65 heavy (non-hydrogen) atoms. The largest absolute Gasteiger partial charge is 0.457 e. The molecule has 0 radical (unpaired) electrons. The second-order valence-corrected chi connectivity index (χ2v) is 17.5. The van der Waals surface area contributed by atoms with Crippen molar-refractivity contribution in [3.8, 4) is 39.4 Å². The first kappa shape index (κ1) is 36.1. The summed E-state index contributed by atoms with van der Waals surface area (Å²) >= 11 is 0. The number of aromatic nitrogens is 2. The van der Waals surface area contributed by atoms with E-state index >= 15 is 0 Å². The van der Waals surface area contributed by atoms with Gasteiger partial charge in [0.1, 0.15) is 11.5 Å². The van der Waals surface area contributed by atoms with Crippen LogP contribution in [0.3, 0.4) is 0 Å². The van der Waals surface area contributed by atoms with Crippen molar-refractivity contribution < 1.29 is 4.74 Å². The van der Waals surface area contributed by atoms with Gasteiger partial charge in [0.05, 0.1) is 27.5 Å². The first-order chi connectivity index (χ1) is 32.3. The number of ether oxygens (including phenoxy) is 1. The van der Waals surface area contributed by atoms with Crippen LogP contribution < -0.4 is 4.74 Å². The molecule has 2 aliphatic carbocycles. The standard InChI is InChI=1S/C62H40N2O/c1-2-17-43(18-3-1)63-55-28-10-5-20-46(55)49-38-41(33-36-57(49)63)42-34-37-58-50(39-42)47-21-6-11-29-56(47)64(58)44-19-14-16-40(32-35-44)45-23-15-27-54-61(45)48-22-4-7-24-51(48)62(54)52-25-8-12-30-59(52)65-60-31-13-9-26-53(60)62/h1-13,15-39H,14H2. The number of para-hydroxylation sites is 5. The maximum absolute atomic E-state index is 6.61. The Kier molecular flexibility index (Phi) is 7.67. The molecule has 2 aromatic heterocycles. The molecule has 0 saturated heterocycles. The van der Waals surface area contributed by atoms with Crippen LogP contribution in [0.4, 0.5) is 0 Å². The van der Waals surface area contributed by atoms with E-state index in [9.17, 15) is 0 Å². The average molecular weight is 829 g/mol. The van der Waals surface area contributed by atoms with Crippen molar-refractivity contribution in [1.29, 1.82) is 0 Å². The Balaban J connectivity index is 0.876. The molecule has 11 aromatic rings. The van der Waals surface area contributed by atoms with Crippen molar-refractivity contribution in [3.63, 3.8) is 0 Å². The van der Waals surface area contributed by atoms with E-state index in [1.807, 2.05) is 0 Å². The number of nitrogens with zero attached hydrogens (tertiary/aromatic N) is 2. The van der Waals surface area contributed by atoms with Gasteiger partial charge in [0, 0.05) is 44.1 Å². The van der Waals surface area contributed by atoms with Gasteiger partial charge < -0.3 is 13.9 Å². The summed E-state index contributed by atoms with van der Waals surface area (Å²) in [6.07, 6.45) is 10.2. The number of fused-ring (bicyclic) bond motifs is 15. The van der Waals surface area contributed by atoms with E-state index in [-0.39, 0.29) is 0 Å². The molecule has 9 aromatic carbocycles. The molecule has 3 heteroatoms. The highest BCUT2D eigenvalue weighted by atomic mass is 16.5. The fourth-order valence-electron chi connectivity index (χ4n) is 11.6. The van der Waals surface area contributed by atoms with Crippen LogP contribution in [0.15, 0.2) is 231 Å². The van der Waals surface area contributed by atoms with Crippen LogP contribution in [-0.4, -0.2) is 9.13 Å². The molecule has 3 aliphatic rings. The van der Waals surface area contributed by atoms with Gasteiger partial charge in [-0.05, 0) is 118 Å². The van der Waals surface area contributed by atoms with Crippen LogP contribution in [0.5, 0.6) is 11.5 Å². The van der Waals surface area contributed by atoms with Crippen molar-refractivity contribution in [2.24, 2.45) is 0 Å². The first-order valence-corrected chi connectivity index (χ1v) is 22.6. The highest BCUT2D eigenvalue weighted by molar-refractivity contribution is 6.13. The SMILES string of the molecule is C1=CC(n2c3ccccc3c3cc(-c4ccc5c(c4)c4ccccc4n5-c4ccccc4)ccc32)=CCC=C1c1cccc2c1-c1ccccc1C21c2ccccc2Oc2ccccc21. The van der Waals surface area contributed by atoms with Crippen LogP contribution in [-0.2, 0) is 5.41 Å². The maximum Gasteiger partial charge on any atom is 0.132 e. The van der Waals surface area contributed by atoms with Crippen molar-refractivity contribution >= 4 is 54.9 Å². The number of benzene rings is 9. The zero-order chi connectivity index (χ0) is 42.6. The van der Waals surface area contributed by atoms with E-state index in [0.29, 0.717) is 0 Å². The Bertz CT molecular complexity index is 3850. The second kappa shape index (κ2) is 13.8. The molecule has 1 spiro atoms. The summed E-state index contributed by atoms with van der Waals surface area (Å²) < 4.78 is 11.4. The van der Waals surface area contributed by atoms with Gasteiger partial charge in [0.15, 0.2) is 0 Å². The molecule has 1 aliphatic heterocycles. The lowest BCUT2D eigenvalue weighted by molar-refractivity contribution is 0.436. The summed E-state index contributed by atoms with van der Waals surface area (Å²) in [5, 5.41) is 5.01. The summed E-state index contributed by atoms with van der Waals surface area (Å²) in [6, 6.07) is 75.3. The Morgan fingerprint density at radius 1 is 0.385 bits per heavy atom. The van der Waals surface area contributed by atoms with Gasteiger partial charge >= 0.3 is 0 Å². The monoisotopic (exact) mass is 828 g/mol. The quantitative estimate of drug-likeness (QED) is 0.173. The Morgan fingerprint density at radius 2 is 0.923 bits per heavy atom. The fraction of sp³-hybridized carbons (Fsp3) is 0.0323. The second-order valence-electron chi connectivity index (χ2n) is 17.5. The predicted octanol–water partition coefficient (Wildman–Crippen LogP) is 15.9. The van der Waals surface area contributed by atoms with Gasteiger partial charge in [-0.25, -0.2) is 0 Å². The Morgan fingerprint density at radius 3 is 1.63 bits per heavy atom. The van der Waals surface area contributed by atoms with Crippen LogP contribution in [0.2, 0.25) is 0 Å². The fourth-order valence-corrected chi connectivity index (χ4v) is 11.6.